The van der Waals surface area contributed by atoms with Gasteiger partial charge in [-0.25, -0.2) is 4.39 Å². The highest BCUT2D eigenvalue weighted by Gasteiger charge is 2.31. The number of rotatable bonds is 0. The summed E-state index contributed by atoms with van der Waals surface area (Å²) in [5.41, 5.74) is 0. The van der Waals surface area contributed by atoms with Gasteiger partial charge < -0.3 is 5.32 Å². The fourth-order valence-corrected chi connectivity index (χ4v) is 2.47. The first kappa shape index (κ1) is 7.53. The van der Waals surface area contributed by atoms with E-state index in [9.17, 15) is 4.39 Å². The van der Waals surface area contributed by atoms with E-state index in [4.69, 9.17) is 0 Å². The molecule has 1 saturated heterocycles. The van der Waals surface area contributed by atoms with Gasteiger partial charge in [-0.15, -0.1) is 0 Å². The molecule has 3 unspecified atom stereocenters. The van der Waals surface area contributed by atoms with Crippen molar-refractivity contribution in [2.24, 2.45) is 11.8 Å². The van der Waals surface area contributed by atoms with E-state index < -0.39 is 6.17 Å². The van der Waals surface area contributed by atoms with Crippen LogP contribution in [0.3, 0.4) is 0 Å². The standard InChI is InChI=1S/C9H16FN/c10-9-2-1-8-6-11-4-3-7(8)5-9/h7-9,11H,1-6H2. The van der Waals surface area contributed by atoms with Crippen molar-refractivity contribution in [2.75, 3.05) is 13.1 Å². The largest absolute Gasteiger partial charge is 0.316 e. The minimum absolute atomic E-state index is 0.491. The second-order valence-corrected chi connectivity index (χ2v) is 3.92. The predicted molar refractivity (Wildman–Crippen MR) is 43.2 cm³/mol. The molecule has 0 radical (unpaired) electrons. The van der Waals surface area contributed by atoms with Crippen LogP contribution in [0.5, 0.6) is 0 Å². The number of hydrogen-bond acceptors (Lipinski definition) is 1. The summed E-state index contributed by atoms with van der Waals surface area (Å²) in [7, 11) is 0. The molecule has 0 aromatic carbocycles. The number of alkyl halides is 1. The summed E-state index contributed by atoms with van der Waals surface area (Å²) in [5, 5.41) is 3.38. The van der Waals surface area contributed by atoms with Crippen LogP contribution in [0.25, 0.3) is 0 Å². The number of hydrogen-bond donors (Lipinski definition) is 1. The molecule has 1 saturated carbocycles. The van der Waals surface area contributed by atoms with Crippen molar-refractivity contribution in [2.45, 2.75) is 31.9 Å². The summed E-state index contributed by atoms with van der Waals surface area (Å²) < 4.78 is 12.9. The van der Waals surface area contributed by atoms with E-state index in [0.717, 1.165) is 38.3 Å². The van der Waals surface area contributed by atoms with Gasteiger partial charge in [0.1, 0.15) is 6.17 Å². The summed E-state index contributed by atoms with van der Waals surface area (Å²) in [5.74, 6) is 1.48. The molecule has 1 nitrogen and oxygen atoms in total. The molecule has 0 aromatic rings. The molecule has 64 valence electrons. The van der Waals surface area contributed by atoms with Crippen molar-refractivity contribution in [3.63, 3.8) is 0 Å². The molecule has 2 fully saturated rings. The molecule has 1 aliphatic carbocycles. The normalized spacial score (nSPS) is 45.0. The highest BCUT2D eigenvalue weighted by atomic mass is 19.1. The van der Waals surface area contributed by atoms with E-state index in [1.54, 1.807) is 0 Å². The quantitative estimate of drug-likeness (QED) is 0.564. The van der Waals surface area contributed by atoms with Gasteiger partial charge in [-0.2, -0.15) is 0 Å². The van der Waals surface area contributed by atoms with Gasteiger partial charge >= 0.3 is 0 Å². The first-order valence-corrected chi connectivity index (χ1v) is 4.71. The molecule has 1 N–H and O–H groups in total. The van der Waals surface area contributed by atoms with Crippen LogP contribution in [0, 0.1) is 11.8 Å². The fraction of sp³-hybridized carbons (Fsp3) is 1.00. The molecular formula is C9H16FN. The van der Waals surface area contributed by atoms with Gasteiger partial charge in [-0.05, 0) is 50.6 Å². The van der Waals surface area contributed by atoms with Crippen molar-refractivity contribution in [3.8, 4) is 0 Å². The van der Waals surface area contributed by atoms with E-state index in [1.807, 2.05) is 0 Å². The highest BCUT2D eigenvalue weighted by molar-refractivity contribution is 4.84. The molecule has 0 spiro atoms. The molecule has 2 aliphatic rings. The molecule has 2 heteroatoms. The average molecular weight is 157 g/mol. The Morgan fingerprint density at radius 2 is 2.00 bits per heavy atom. The topological polar surface area (TPSA) is 12.0 Å². The van der Waals surface area contributed by atoms with Gasteiger partial charge in [0.15, 0.2) is 0 Å². The SMILES string of the molecule is FC1CCC2CNCCC2C1. The Hall–Kier alpha value is -0.110. The molecule has 0 amide bonds. The number of halogens is 1. The number of piperidine rings is 1. The van der Waals surface area contributed by atoms with Crippen LogP contribution >= 0.6 is 0 Å². The maximum absolute atomic E-state index is 12.9. The van der Waals surface area contributed by atoms with Gasteiger partial charge in [0.05, 0.1) is 0 Å². The summed E-state index contributed by atoms with van der Waals surface area (Å²) >= 11 is 0. The predicted octanol–water partition coefficient (Wildman–Crippen LogP) is 1.73. The van der Waals surface area contributed by atoms with Crippen molar-refractivity contribution in [3.05, 3.63) is 0 Å². The lowest BCUT2D eigenvalue weighted by molar-refractivity contribution is 0.114. The van der Waals surface area contributed by atoms with Crippen LogP contribution < -0.4 is 5.32 Å². The second kappa shape index (κ2) is 3.10. The third-order valence-corrected chi connectivity index (χ3v) is 3.17. The lowest BCUT2D eigenvalue weighted by Crippen LogP contribution is -2.40. The maximum Gasteiger partial charge on any atom is 0.100 e. The van der Waals surface area contributed by atoms with E-state index in [1.165, 1.54) is 6.42 Å². The van der Waals surface area contributed by atoms with E-state index in [2.05, 4.69) is 5.32 Å². The van der Waals surface area contributed by atoms with Gasteiger partial charge in [0.25, 0.3) is 0 Å². The van der Waals surface area contributed by atoms with Crippen molar-refractivity contribution < 1.29 is 4.39 Å². The van der Waals surface area contributed by atoms with E-state index in [-0.39, 0.29) is 0 Å². The molecule has 1 heterocycles. The summed E-state index contributed by atoms with van der Waals surface area (Å²) in [6.07, 6.45) is 3.47. The van der Waals surface area contributed by atoms with Crippen molar-refractivity contribution >= 4 is 0 Å². The molecule has 0 aromatic heterocycles. The van der Waals surface area contributed by atoms with E-state index in [0.29, 0.717) is 5.92 Å². The van der Waals surface area contributed by atoms with E-state index >= 15 is 0 Å². The molecule has 1 aliphatic heterocycles. The Balaban J connectivity index is 1.93. The summed E-state index contributed by atoms with van der Waals surface area (Å²) in [6.45, 7) is 2.24. The lowest BCUT2D eigenvalue weighted by Gasteiger charge is -2.37. The molecular weight excluding hydrogens is 141 g/mol. The Morgan fingerprint density at radius 3 is 2.91 bits per heavy atom. The fourth-order valence-electron chi connectivity index (χ4n) is 2.47. The second-order valence-electron chi connectivity index (χ2n) is 3.92. The van der Waals surface area contributed by atoms with Crippen LogP contribution in [-0.4, -0.2) is 19.3 Å². The third kappa shape index (κ3) is 1.56. The van der Waals surface area contributed by atoms with Gasteiger partial charge in [0.2, 0.25) is 0 Å². The zero-order valence-electron chi connectivity index (χ0n) is 6.85. The zero-order chi connectivity index (χ0) is 7.68. The van der Waals surface area contributed by atoms with Crippen LogP contribution in [0.15, 0.2) is 0 Å². The van der Waals surface area contributed by atoms with Crippen LogP contribution in [-0.2, 0) is 0 Å². The number of nitrogens with one attached hydrogen (secondary N) is 1. The maximum atomic E-state index is 12.9. The Morgan fingerprint density at radius 1 is 1.09 bits per heavy atom. The first-order chi connectivity index (χ1) is 5.36. The molecule has 2 rings (SSSR count). The Labute approximate surface area is 67.4 Å². The number of fused-ring (bicyclic) bond motifs is 1. The third-order valence-electron chi connectivity index (χ3n) is 3.17. The lowest BCUT2D eigenvalue weighted by atomic mass is 9.75. The molecule has 11 heavy (non-hydrogen) atoms. The summed E-state index contributed by atoms with van der Waals surface area (Å²) in [6, 6.07) is 0. The van der Waals surface area contributed by atoms with Crippen molar-refractivity contribution in [1.29, 1.82) is 0 Å². The van der Waals surface area contributed by atoms with Gasteiger partial charge in [-0.1, -0.05) is 0 Å². The monoisotopic (exact) mass is 157 g/mol. The minimum atomic E-state index is -0.491. The van der Waals surface area contributed by atoms with Crippen LogP contribution in [0.4, 0.5) is 4.39 Å². The van der Waals surface area contributed by atoms with Crippen LogP contribution in [0.2, 0.25) is 0 Å². The Kier molecular flexibility index (Phi) is 2.12. The smallest absolute Gasteiger partial charge is 0.100 e. The zero-order valence-corrected chi connectivity index (χ0v) is 6.85. The van der Waals surface area contributed by atoms with Crippen molar-refractivity contribution in [1.82, 2.24) is 5.32 Å². The summed E-state index contributed by atoms with van der Waals surface area (Å²) in [4.78, 5) is 0. The molecule has 3 atom stereocenters. The Bertz CT molecular complexity index is 138. The average Bonchev–Trinajstić information content (AvgIpc) is 2.04. The highest BCUT2D eigenvalue weighted by Crippen LogP contribution is 2.34. The van der Waals surface area contributed by atoms with Gasteiger partial charge in [-0.3, -0.25) is 0 Å². The molecule has 0 bridgehead atoms. The van der Waals surface area contributed by atoms with Crippen LogP contribution in [0.1, 0.15) is 25.7 Å². The first-order valence-electron chi connectivity index (χ1n) is 4.71. The van der Waals surface area contributed by atoms with Gasteiger partial charge in [0, 0.05) is 0 Å². The minimum Gasteiger partial charge on any atom is -0.316 e.